The van der Waals surface area contributed by atoms with Gasteiger partial charge in [0.1, 0.15) is 0 Å². The molecule has 2 unspecified atom stereocenters. The SMILES string of the molecule is [B]O[C@H]1COC(OC)C1CC(C)(C)[Si](C)(C)O. The molecule has 1 heterocycles. The third kappa shape index (κ3) is 3.32. The topological polar surface area (TPSA) is 47.9 Å². The van der Waals surface area contributed by atoms with Crippen LogP contribution in [-0.4, -0.2) is 47.3 Å². The van der Waals surface area contributed by atoms with Gasteiger partial charge in [0, 0.05) is 13.0 Å². The van der Waals surface area contributed by atoms with Crippen molar-refractivity contribution in [3.8, 4) is 0 Å². The fourth-order valence-corrected chi connectivity index (χ4v) is 2.80. The van der Waals surface area contributed by atoms with Crippen molar-refractivity contribution < 1.29 is 18.9 Å². The van der Waals surface area contributed by atoms with E-state index in [4.69, 9.17) is 22.2 Å². The van der Waals surface area contributed by atoms with Gasteiger partial charge in [0.2, 0.25) is 0 Å². The van der Waals surface area contributed by atoms with Crippen LogP contribution < -0.4 is 0 Å². The second-order valence-corrected chi connectivity index (χ2v) is 10.4. The molecule has 1 aliphatic rings. The minimum atomic E-state index is -2.24. The predicted molar refractivity (Wildman–Crippen MR) is 69.2 cm³/mol. The zero-order chi connectivity index (χ0) is 13.3. The van der Waals surface area contributed by atoms with E-state index in [-0.39, 0.29) is 23.4 Å². The first kappa shape index (κ1) is 15.2. The maximum Gasteiger partial charge on any atom is 0.283 e. The summed E-state index contributed by atoms with van der Waals surface area (Å²) >= 11 is 0. The molecule has 98 valence electrons. The van der Waals surface area contributed by atoms with Crippen molar-refractivity contribution in [2.24, 2.45) is 5.92 Å². The van der Waals surface area contributed by atoms with E-state index in [2.05, 4.69) is 13.8 Å². The first-order chi connectivity index (χ1) is 7.73. The molecule has 1 N–H and O–H groups in total. The summed E-state index contributed by atoms with van der Waals surface area (Å²) in [5, 5.41) is -0.140. The second-order valence-electron chi connectivity index (χ2n) is 5.92. The summed E-state index contributed by atoms with van der Waals surface area (Å²) in [4.78, 5) is 10.3. The highest BCUT2D eigenvalue weighted by Crippen LogP contribution is 2.45. The zero-order valence-corrected chi connectivity index (χ0v) is 12.4. The molecule has 0 aromatic rings. The highest BCUT2D eigenvalue weighted by atomic mass is 28.4. The van der Waals surface area contributed by atoms with Crippen molar-refractivity contribution in [2.75, 3.05) is 13.7 Å². The van der Waals surface area contributed by atoms with Gasteiger partial charge in [0.05, 0.1) is 12.7 Å². The van der Waals surface area contributed by atoms with Gasteiger partial charge in [-0.1, -0.05) is 13.8 Å². The van der Waals surface area contributed by atoms with Crippen LogP contribution in [0, 0.1) is 5.92 Å². The lowest BCUT2D eigenvalue weighted by Crippen LogP contribution is -2.42. The summed E-state index contributed by atoms with van der Waals surface area (Å²) in [6, 6.07) is 0. The minimum Gasteiger partial charge on any atom is -0.442 e. The molecule has 1 aliphatic heterocycles. The van der Waals surface area contributed by atoms with E-state index in [0.717, 1.165) is 6.42 Å². The Morgan fingerprint density at radius 2 is 2.06 bits per heavy atom. The molecule has 0 amide bonds. The molecule has 1 saturated heterocycles. The van der Waals surface area contributed by atoms with E-state index in [9.17, 15) is 4.80 Å². The van der Waals surface area contributed by atoms with Crippen molar-refractivity contribution in [3.63, 3.8) is 0 Å². The van der Waals surface area contributed by atoms with Gasteiger partial charge in [-0.2, -0.15) is 0 Å². The van der Waals surface area contributed by atoms with Crippen LogP contribution in [0.15, 0.2) is 0 Å². The Morgan fingerprint density at radius 1 is 1.47 bits per heavy atom. The monoisotopic (exact) mass is 258 g/mol. The van der Waals surface area contributed by atoms with Crippen LogP contribution in [0.3, 0.4) is 0 Å². The third-order valence-corrected chi connectivity index (χ3v) is 7.58. The van der Waals surface area contributed by atoms with Crippen LogP contribution in [0.1, 0.15) is 20.3 Å². The summed E-state index contributed by atoms with van der Waals surface area (Å²) in [5.74, 6) is 0.0684. The van der Waals surface area contributed by atoms with Crippen molar-refractivity contribution in [1.29, 1.82) is 0 Å². The van der Waals surface area contributed by atoms with Gasteiger partial charge < -0.3 is 18.9 Å². The molecule has 0 aliphatic carbocycles. The fraction of sp³-hybridized carbons (Fsp3) is 1.00. The summed E-state index contributed by atoms with van der Waals surface area (Å²) in [6.07, 6.45) is 0.332. The van der Waals surface area contributed by atoms with Gasteiger partial charge in [0.15, 0.2) is 14.6 Å². The van der Waals surface area contributed by atoms with Gasteiger partial charge in [-0.25, -0.2) is 0 Å². The van der Waals surface area contributed by atoms with Gasteiger partial charge in [-0.3, -0.25) is 0 Å². The van der Waals surface area contributed by atoms with Crippen LogP contribution in [0.2, 0.25) is 18.1 Å². The van der Waals surface area contributed by atoms with Crippen LogP contribution >= 0.6 is 0 Å². The zero-order valence-electron chi connectivity index (χ0n) is 11.4. The molecule has 0 saturated carbocycles. The van der Waals surface area contributed by atoms with Crippen LogP contribution in [0.25, 0.3) is 0 Å². The molecular formula is C11H23BO4Si. The maximum absolute atomic E-state index is 10.3. The molecule has 1 fully saturated rings. The molecule has 2 radical (unpaired) electrons. The molecule has 17 heavy (non-hydrogen) atoms. The van der Waals surface area contributed by atoms with Gasteiger partial charge in [0.25, 0.3) is 8.05 Å². The lowest BCUT2D eigenvalue weighted by Gasteiger charge is -2.38. The molecule has 0 aromatic carbocycles. The highest BCUT2D eigenvalue weighted by molar-refractivity contribution is 6.72. The fourth-order valence-electron chi connectivity index (χ4n) is 2.06. The van der Waals surface area contributed by atoms with Crippen LogP contribution in [0.5, 0.6) is 0 Å². The molecule has 0 spiro atoms. The second kappa shape index (κ2) is 5.40. The Bertz CT molecular complexity index is 242. The first-order valence-corrected chi connectivity index (χ1v) is 8.90. The Kier molecular flexibility index (Phi) is 4.82. The Labute approximate surface area is 106 Å². The smallest absolute Gasteiger partial charge is 0.283 e. The summed E-state index contributed by atoms with van der Waals surface area (Å²) in [6.45, 7) is 8.50. The van der Waals surface area contributed by atoms with E-state index in [1.807, 2.05) is 13.1 Å². The van der Waals surface area contributed by atoms with Crippen molar-refractivity contribution in [3.05, 3.63) is 0 Å². The molecule has 3 atom stereocenters. The first-order valence-electron chi connectivity index (χ1n) is 5.95. The normalized spacial score (nSPS) is 30.8. The van der Waals surface area contributed by atoms with Gasteiger partial charge in [-0.05, 0) is 24.6 Å². The lowest BCUT2D eigenvalue weighted by atomic mass is 9.92. The predicted octanol–water partition coefficient (Wildman–Crippen LogP) is 1.44. The number of rotatable bonds is 5. The van der Waals surface area contributed by atoms with Crippen molar-refractivity contribution in [2.45, 2.75) is 50.8 Å². The molecular weight excluding hydrogens is 235 g/mol. The number of hydrogen-bond acceptors (Lipinski definition) is 4. The standard InChI is InChI=1S/C11H23BO4Si/c1-11(2,17(4,5)13)6-8-9(16-12)7-15-10(8)14-3/h8-10,13H,6-7H2,1-5H3/t8?,9-,10?/m0/s1. The molecule has 0 aromatic heterocycles. The lowest BCUT2D eigenvalue weighted by molar-refractivity contribution is -0.113. The van der Waals surface area contributed by atoms with Crippen LogP contribution in [0.4, 0.5) is 0 Å². The van der Waals surface area contributed by atoms with Crippen molar-refractivity contribution >= 4 is 16.4 Å². The average Bonchev–Trinajstić information content (AvgIpc) is 2.57. The van der Waals surface area contributed by atoms with Gasteiger partial charge >= 0.3 is 0 Å². The molecule has 1 rings (SSSR count). The molecule has 4 nitrogen and oxygen atoms in total. The van der Waals surface area contributed by atoms with Crippen LogP contribution in [-0.2, 0) is 14.1 Å². The Hall–Kier alpha value is 0.122. The quantitative estimate of drug-likeness (QED) is 0.758. The number of ether oxygens (including phenoxy) is 2. The largest absolute Gasteiger partial charge is 0.442 e. The van der Waals surface area contributed by atoms with Gasteiger partial charge in [-0.15, -0.1) is 0 Å². The summed E-state index contributed by atoms with van der Waals surface area (Å²) < 4.78 is 15.7. The highest BCUT2D eigenvalue weighted by Gasteiger charge is 2.46. The van der Waals surface area contributed by atoms with Crippen molar-refractivity contribution in [1.82, 2.24) is 0 Å². The average molecular weight is 258 g/mol. The number of methoxy groups -OCH3 is 1. The Morgan fingerprint density at radius 3 is 2.47 bits per heavy atom. The maximum atomic E-state index is 10.3. The molecule has 6 heteroatoms. The number of hydrogen-bond donors (Lipinski definition) is 1. The molecule has 0 bridgehead atoms. The minimum absolute atomic E-state index is 0.0684. The third-order valence-electron chi connectivity index (χ3n) is 4.06. The summed E-state index contributed by atoms with van der Waals surface area (Å²) in [7, 11) is 4.65. The van der Waals surface area contributed by atoms with E-state index in [0.29, 0.717) is 6.61 Å². The van der Waals surface area contributed by atoms with E-state index >= 15 is 0 Å². The van der Waals surface area contributed by atoms with E-state index < -0.39 is 8.32 Å². The van der Waals surface area contributed by atoms with E-state index in [1.54, 1.807) is 7.11 Å². The Balaban J connectivity index is 2.77. The summed E-state index contributed by atoms with van der Waals surface area (Å²) in [5.41, 5.74) is 0. The van der Waals surface area contributed by atoms with E-state index in [1.165, 1.54) is 0 Å².